The molecule has 1 saturated carbocycles. The van der Waals surface area contributed by atoms with Gasteiger partial charge in [-0.05, 0) is 31.6 Å². The van der Waals surface area contributed by atoms with Crippen molar-refractivity contribution in [2.45, 2.75) is 44.4 Å². The normalized spacial score (nSPS) is 24.1. The van der Waals surface area contributed by atoms with Crippen molar-refractivity contribution in [1.29, 1.82) is 0 Å². The summed E-state index contributed by atoms with van der Waals surface area (Å²) in [7, 11) is 0. The number of hydrogen-bond donors (Lipinski definition) is 1. The molecule has 0 aliphatic heterocycles. The van der Waals surface area contributed by atoms with Gasteiger partial charge in [-0.15, -0.1) is 0 Å². The highest BCUT2D eigenvalue weighted by molar-refractivity contribution is 5.67. The summed E-state index contributed by atoms with van der Waals surface area (Å²) in [5.74, 6) is 1.97. The van der Waals surface area contributed by atoms with E-state index in [1.165, 1.54) is 12.8 Å². The number of aromatic nitrogens is 1. The van der Waals surface area contributed by atoms with Crippen molar-refractivity contribution >= 4 is 5.97 Å². The van der Waals surface area contributed by atoms with E-state index in [0.717, 1.165) is 36.6 Å². The van der Waals surface area contributed by atoms with E-state index in [-0.39, 0.29) is 12.3 Å². The first kappa shape index (κ1) is 9.87. The summed E-state index contributed by atoms with van der Waals surface area (Å²) < 4.78 is 5.72. The molecule has 1 N–H and O–H groups in total. The topological polar surface area (TPSA) is 63.3 Å². The van der Waals surface area contributed by atoms with E-state index in [1.54, 1.807) is 0 Å². The van der Waals surface area contributed by atoms with Gasteiger partial charge in [0.2, 0.25) is 0 Å². The number of rotatable bonds is 3. The van der Waals surface area contributed by atoms with Gasteiger partial charge < -0.3 is 9.52 Å². The molecule has 2 aliphatic carbocycles. The van der Waals surface area contributed by atoms with Gasteiger partial charge in [-0.3, -0.25) is 4.79 Å². The lowest BCUT2D eigenvalue weighted by atomic mass is 9.88. The first-order chi connectivity index (χ1) is 7.72. The van der Waals surface area contributed by atoms with Crippen molar-refractivity contribution < 1.29 is 14.3 Å². The van der Waals surface area contributed by atoms with Crippen molar-refractivity contribution in [3.8, 4) is 0 Å². The van der Waals surface area contributed by atoms with Gasteiger partial charge in [-0.25, -0.2) is 4.98 Å². The maximum atomic E-state index is 10.7. The fourth-order valence-corrected chi connectivity index (χ4v) is 2.39. The number of nitrogens with zero attached hydrogens (tertiary/aromatic N) is 1. The Morgan fingerprint density at radius 1 is 1.44 bits per heavy atom. The van der Waals surface area contributed by atoms with Crippen molar-refractivity contribution in [2.24, 2.45) is 5.92 Å². The standard InChI is InChI=1S/C12H15NO3/c14-11(15)6-7-1-4-10-9(5-7)13-12(16-10)8-2-3-8/h7-8H,1-6H2,(H,14,15). The highest BCUT2D eigenvalue weighted by Gasteiger charge is 2.32. The molecule has 2 aliphatic rings. The number of oxazole rings is 1. The van der Waals surface area contributed by atoms with Crippen LogP contribution in [0.25, 0.3) is 0 Å². The van der Waals surface area contributed by atoms with Crippen LogP contribution < -0.4 is 0 Å². The quantitative estimate of drug-likeness (QED) is 0.849. The molecule has 0 saturated heterocycles. The molecule has 1 heterocycles. The van der Waals surface area contributed by atoms with Crippen LogP contribution in [0.15, 0.2) is 4.42 Å². The Labute approximate surface area is 93.7 Å². The Morgan fingerprint density at radius 3 is 2.94 bits per heavy atom. The molecule has 1 aromatic rings. The van der Waals surface area contributed by atoms with Gasteiger partial charge in [0.1, 0.15) is 5.76 Å². The molecule has 0 amide bonds. The number of aryl methyl sites for hydroxylation is 1. The minimum atomic E-state index is -0.709. The minimum Gasteiger partial charge on any atom is -0.481 e. The van der Waals surface area contributed by atoms with Crippen LogP contribution in [0.1, 0.15) is 48.9 Å². The van der Waals surface area contributed by atoms with Crippen molar-refractivity contribution in [3.63, 3.8) is 0 Å². The fourth-order valence-electron chi connectivity index (χ4n) is 2.39. The Bertz CT molecular complexity index is 420. The van der Waals surface area contributed by atoms with Crippen LogP contribution in [-0.2, 0) is 17.6 Å². The lowest BCUT2D eigenvalue weighted by Gasteiger charge is -2.17. The molecule has 0 aromatic carbocycles. The minimum absolute atomic E-state index is 0.238. The number of carboxylic acids is 1. The van der Waals surface area contributed by atoms with Gasteiger partial charge in [0.25, 0.3) is 0 Å². The summed E-state index contributed by atoms with van der Waals surface area (Å²) in [5, 5.41) is 8.77. The molecule has 16 heavy (non-hydrogen) atoms. The second-order valence-electron chi connectivity index (χ2n) is 4.90. The van der Waals surface area contributed by atoms with Crippen LogP contribution in [-0.4, -0.2) is 16.1 Å². The molecular formula is C12H15NO3. The molecule has 3 rings (SSSR count). The van der Waals surface area contributed by atoms with Gasteiger partial charge >= 0.3 is 5.97 Å². The van der Waals surface area contributed by atoms with Crippen molar-refractivity contribution in [2.75, 3.05) is 0 Å². The fraction of sp³-hybridized carbons (Fsp3) is 0.667. The van der Waals surface area contributed by atoms with Crippen LogP contribution in [0.4, 0.5) is 0 Å². The number of hydrogen-bond acceptors (Lipinski definition) is 3. The Kier molecular flexibility index (Phi) is 2.23. The molecule has 1 aromatic heterocycles. The summed E-state index contributed by atoms with van der Waals surface area (Å²) >= 11 is 0. The zero-order valence-electron chi connectivity index (χ0n) is 9.11. The number of carboxylic acid groups (broad SMARTS) is 1. The number of carbonyl (C=O) groups is 1. The molecule has 0 radical (unpaired) electrons. The molecule has 86 valence electrons. The first-order valence-corrected chi connectivity index (χ1v) is 5.92. The van der Waals surface area contributed by atoms with Gasteiger partial charge in [-0.1, -0.05) is 0 Å². The zero-order valence-corrected chi connectivity index (χ0v) is 9.11. The van der Waals surface area contributed by atoms with Gasteiger partial charge in [-0.2, -0.15) is 0 Å². The predicted molar refractivity (Wildman–Crippen MR) is 56.2 cm³/mol. The average molecular weight is 221 g/mol. The average Bonchev–Trinajstić information content (AvgIpc) is 2.98. The smallest absolute Gasteiger partial charge is 0.303 e. The Balaban J connectivity index is 1.74. The highest BCUT2D eigenvalue weighted by atomic mass is 16.4. The van der Waals surface area contributed by atoms with E-state index >= 15 is 0 Å². The third kappa shape index (κ3) is 1.84. The maximum Gasteiger partial charge on any atom is 0.303 e. The van der Waals surface area contributed by atoms with Gasteiger partial charge in [0, 0.05) is 18.8 Å². The van der Waals surface area contributed by atoms with Crippen LogP contribution in [0.2, 0.25) is 0 Å². The second-order valence-corrected chi connectivity index (χ2v) is 4.90. The summed E-state index contributed by atoms with van der Waals surface area (Å²) in [6.45, 7) is 0. The van der Waals surface area contributed by atoms with Gasteiger partial charge in [0.15, 0.2) is 5.89 Å². The van der Waals surface area contributed by atoms with Crippen LogP contribution >= 0.6 is 0 Å². The second kappa shape index (κ2) is 3.61. The summed E-state index contributed by atoms with van der Waals surface area (Å²) in [4.78, 5) is 15.2. The summed E-state index contributed by atoms with van der Waals surface area (Å²) in [6.07, 6.45) is 5.18. The molecule has 4 nitrogen and oxygen atoms in total. The number of fused-ring (bicyclic) bond motifs is 1. The monoisotopic (exact) mass is 221 g/mol. The molecule has 4 heteroatoms. The van der Waals surface area contributed by atoms with E-state index in [0.29, 0.717) is 5.92 Å². The lowest BCUT2D eigenvalue weighted by Crippen LogP contribution is -2.16. The largest absolute Gasteiger partial charge is 0.481 e. The van der Waals surface area contributed by atoms with Crippen molar-refractivity contribution in [3.05, 3.63) is 17.3 Å². The summed E-state index contributed by atoms with van der Waals surface area (Å²) in [6, 6.07) is 0. The maximum absolute atomic E-state index is 10.7. The zero-order chi connectivity index (χ0) is 11.1. The van der Waals surface area contributed by atoms with E-state index in [1.807, 2.05) is 0 Å². The van der Waals surface area contributed by atoms with E-state index < -0.39 is 5.97 Å². The Hall–Kier alpha value is -1.32. The predicted octanol–water partition coefficient (Wildman–Crippen LogP) is 2.13. The lowest BCUT2D eigenvalue weighted by molar-refractivity contribution is -0.138. The van der Waals surface area contributed by atoms with Crippen LogP contribution in [0.5, 0.6) is 0 Å². The van der Waals surface area contributed by atoms with Gasteiger partial charge in [0.05, 0.1) is 5.69 Å². The summed E-state index contributed by atoms with van der Waals surface area (Å²) in [5.41, 5.74) is 1.01. The highest BCUT2D eigenvalue weighted by Crippen LogP contribution is 2.41. The SMILES string of the molecule is O=C(O)CC1CCc2oc(C3CC3)nc2C1. The molecule has 1 unspecified atom stereocenters. The third-order valence-corrected chi connectivity index (χ3v) is 3.45. The third-order valence-electron chi connectivity index (χ3n) is 3.45. The molecule has 1 fully saturated rings. The Morgan fingerprint density at radius 2 is 2.25 bits per heavy atom. The molecular weight excluding hydrogens is 206 g/mol. The van der Waals surface area contributed by atoms with Crippen LogP contribution in [0.3, 0.4) is 0 Å². The van der Waals surface area contributed by atoms with E-state index in [2.05, 4.69) is 4.98 Å². The molecule has 1 atom stereocenters. The molecule has 0 bridgehead atoms. The molecule has 0 spiro atoms. The number of aliphatic carboxylic acids is 1. The van der Waals surface area contributed by atoms with E-state index in [4.69, 9.17) is 9.52 Å². The van der Waals surface area contributed by atoms with Crippen molar-refractivity contribution in [1.82, 2.24) is 4.98 Å². The van der Waals surface area contributed by atoms with E-state index in [9.17, 15) is 4.79 Å². The van der Waals surface area contributed by atoms with Crippen LogP contribution in [0, 0.1) is 5.92 Å². The first-order valence-electron chi connectivity index (χ1n) is 5.92.